The number of rotatable bonds is 5. The third kappa shape index (κ3) is 4.54. The van der Waals surface area contributed by atoms with Crippen molar-refractivity contribution in [3.8, 4) is 24.0 Å². The van der Waals surface area contributed by atoms with E-state index >= 15 is 0 Å². The van der Waals surface area contributed by atoms with Gasteiger partial charge >= 0.3 is 0 Å². The molecule has 6 nitrogen and oxygen atoms in total. The molecule has 0 radical (unpaired) electrons. The second-order valence-electron chi connectivity index (χ2n) is 6.61. The summed E-state index contributed by atoms with van der Waals surface area (Å²) in [6.07, 6.45) is 2.11. The Morgan fingerprint density at radius 2 is 1.81 bits per heavy atom. The zero-order valence-corrected chi connectivity index (χ0v) is 15.4. The van der Waals surface area contributed by atoms with Crippen LogP contribution in [-0.2, 0) is 0 Å². The third-order valence-electron chi connectivity index (χ3n) is 4.35. The first-order valence-corrected chi connectivity index (χ1v) is 8.73. The van der Waals surface area contributed by atoms with Crippen LogP contribution in [0, 0.1) is 40.9 Å². The summed E-state index contributed by atoms with van der Waals surface area (Å²) in [5.74, 6) is 1.10. The maximum Gasteiger partial charge on any atom is 0.163 e. The predicted molar refractivity (Wildman–Crippen MR) is 99.3 cm³/mol. The van der Waals surface area contributed by atoms with Crippen LogP contribution >= 0.6 is 0 Å². The van der Waals surface area contributed by atoms with E-state index < -0.39 is 0 Å². The first kappa shape index (κ1) is 19.3. The lowest BCUT2D eigenvalue weighted by atomic mass is 9.87. The molecule has 1 aromatic rings. The number of piperidine rings is 1. The molecule has 1 fully saturated rings. The second kappa shape index (κ2) is 8.90. The van der Waals surface area contributed by atoms with E-state index in [1.165, 1.54) is 5.56 Å². The number of anilines is 1. The fourth-order valence-corrected chi connectivity index (χ4v) is 3.14. The maximum absolute atomic E-state index is 9.30. The largest absolute Gasteiger partial charge is 0.489 e. The van der Waals surface area contributed by atoms with Gasteiger partial charge in [-0.2, -0.15) is 15.8 Å². The molecule has 6 heteroatoms. The normalized spacial score (nSPS) is 14.0. The van der Waals surface area contributed by atoms with Crippen LogP contribution in [0.3, 0.4) is 0 Å². The lowest BCUT2D eigenvalue weighted by Crippen LogP contribution is -2.27. The van der Waals surface area contributed by atoms with Gasteiger partial charge in [0.25, 0.3) is 0 Å². The summed E-state index contributed by atoms with van der Waals surface area (Å²) in [5, 5.41) is 33.6. The van der Waals surface area contributed by atoms with Gasteiger partial charge in [-0.15, -0.1) is 0 Å². The van der Waals surface area contributed by atoms with Gasteiger partial charge in [0, 0.05) is 0 Å². The van der Waals surface area contributed by atoms with Crippen LogP contribution in [-0.4, -0.2) is 19.2 Å². The average molecular weight is 349 g/mol. The monoisotopic (exact) mass is 349 g/mol. The minimum Gasteiger partial charge on any atom is -0.489 e. The molecule has 0 unspecified atom stereocenters. The van der Waals surface area contributed by atoms with Gasteiger partial charge in [0.2, 0.25) is 0 Å². The van der Waals surface area contributed by atoms with Crippen molar-refractivity contribution in [3.63, 3.8) is 0 Å². The lowest BCUT2D eigenvalue weighted by molar-refractivity contribution is 0.243. The molecule has 1 heterocycles. The van der Waals surface area contributed by atoms with E-state index in [0.717, 1.165) is 31.5 Å². The topological polar surface area (TPSA) is 105 Å². The van der Waals surface area contributed by atoms with Gasteiger partial charge in [0.05, 0.1) is 11.8 Å². The van der Waals surface area contributed by atoms with Crippen LogP contribution in [0.15, 0.2) is 23.4 Å². The Bertz CT molecular complexity index is 798. The molecular weight excluding hydrogens is 326 g/mol. The van der Waals surface area contributed by atoms with Gasteiger partial charge in [-0.3, -0.25) is 0 Å². The SMILES string of the molecule is Cc1cc(NC(C#N)=C(C#N)C#N)c(OC(C)C)cc1C1CCNCC1. The molecule has 0 atom stereocenters. The van der Waals surface area contributed by atoms with E-state index in [9.17, 15) is 5.26 Å². The molecule has 1 aliphatic rings. The molecule has 2 rings (SSSR count). The Morgan fingerprint density at radius 3 is 2.35 bits per heavy atom. The highest BCUT2D eigenvalue weighted by atomic mass is 16.5. The zero-order valence-electron chi connectivity index (χ0n) is 15.4. The van der Waals surface area contributed by atoms with Gasteiger partial charge < -0.3 is 15.4 Å². The molecule has 1 saturated heterocycles. The number of hydrogen-bond donors (Lipinski definition) is 2. The highest BCUT2D eigenvalue weighted by Gasteiger charge is 2.20. The quantitative estimate of drug-likeness (QED) is 0.789. The van der Waals surface area contributed by atoms with Crippen LogP contribution < -0.4 is 15.4 Å². The van der Waals surface area contributed by atoms with Crippen molar-refractivity contribution in [1.29, 1.82) is 15.8 Å². The summed E-state index contributed by atoms with van der Waals surface area (Å²) in [6, 6.07) is 9.34. The molecule has 1 aromatic carbocycles. The number of benzene rings is 1. The van der Waals surface area contributed by atoms with E-state index in [0.29, 0.717) is 17.4 Å². The van der Waals surface area contributed by atoms with Gasteiger partial charge in [0.1, 0.15) is 29.7 Å². The highest BCUT2D eigenvalue weighted by Crippen LogP contribution is 2.36. The van der Waals surface area contributed by atoms with Crippen LogP contribution in [0.2, 0.25) is 0 Å². The number of ether oxygens (including phenoxy) is 1. The van der Waals surface area contributed by atoms with E-state index in [-0.39, 0.29) is 17.4 Å². The molecule has 0 bridgehead atoms. The Hall–Kier alpha value is -3.01. The Kier molecular flexibility index (Phi) is 6.61. The Balaban J connectivity index is 2.47. The predicted octanol–water partition coefficient (Wildman–Crippen LogP) is 3.49. The molecule has 0 spiro atoms. The molecule has 2 N–H and O–H groups in total. The molecule has 1 aliphatic heterocycles. The average Bonchev–Trinajstić information content (AvgIpc) is 2.64. The van der Waals surface area contributed by atoms with Crippen LogP contribution in [0.25, 0.3) is 0 Å². The first-order valence-electron chi connectivity index (χ1n) is 8.73. The third-order valence-corrected chi connectivity index (χ3v) is 4.35. The standard InChI is InChI=1S/C20H23N5O/c1-13(2)26-20-9-17(15-4-6-24-7-5-15)14(3)8-18(20)25-19(12-23)16(10-21)11-22/h8-9,13,15,24-25H,4-7H2,1-3H3. The molecule has 0 aliphatic carbocycles. The summed E-state index contributed by atoms with van der Waals surface area (Å²) in [4.78, 5) is 0. The summed E-state index contributed by atoms with van der Waals surface area (Å²) >= 11 is 0. The number of hydrogen-bond acceptors (Lipinski definition) is 6. The summed E-state index contributed by atoms with van der Waals surface area (Å²) < 4.78 is 5.95. The Labute approximate surface area is 154 Å². The fourth-order valence-electron chi connectivity index (χ4n) is 3.14. The molecule has 0 saturated carbocycles. The maximum atomic E-state index is 9.30. The van der Waals surface area contributed by atoms with Crippen LogP contribution in [0.1, 0.15) is 43.7 Å². The van der Waals surface area contributed by atoms with Gasteiger partial charge in [0.15, 0.2) is 5.57 Å². The second-order valence-corrected chi connectivity index (χ2v) is 6.61. The van der Waals surface area contributed by atoms with Gasteiger partial charge in [-0.1, -0.05) is 0 Å². The van der Waals surface area contributed by atoms with E-state index in [4.69, 9.17) is 15.3 Å². The smallest absolute Gasteiger partial charge is 0.163 e. The Morgan fingerprint density at radius 1 is 1.15 bits per heavy atom. The van der Waals surface area contributed by atoms with E-state index in [2.05, 4.69) is 10.6 Å². The summed E-state index contributed by atoms with van der Waals surface area (Å²) in [5.41, 5.74) is 2.62. The van der Waals surface area contributed by atoms with Crippen LogP contribution in [0.5, 0.6) is 5.75 Å². The highest BCUT2D eigenvalue weighted by molar-refractivity contribution is 5.67. The van der Waals surface area contributed by atoms with Gasteiger partial charge in [-0.05, 0) is 75.9 Å². The molecule has 0 aromatic heterocycles. The van der Waals surface area contributed by atoms with E-state index in [1.54, 1.807) is 12.1 Å². The molecule has 0 amide bonds. The number of nitriles is 3. The van der Waals surface area contributed by atoms with Crippen molar-refractivity contribution in [1.82, 2.24) is 5.32 Å². The first-order chi connectivity index (χ1) is 12.5. The van der Waals surface area contributed by atoms with E-state index in [1.807, 2.05) is 39.0 Å². The fraction of sp³-hybridized carbons (Fsp3) is 0.450. The lowest BCUT2D eigenvalue weighted by Gasteiger charge is -2.26. The van der Waals surface area contributed by atoms with Crippen molar-refractivity contribution >= 4 is 5.69 Å². The summed E-state index contributed by atoms with van der Waals surface area (Å²) in [7, 11) is 0. The number of aryl methyl sites for hydroxylation is 1. The molecule has 26 heavy (non-hydrogen) atoms. The van der Waals surface area contributed by atoms with Crippen molar-refractivity contribution in [3.05, 3.63) is 34.5 Å². The van der Waals surface area contributed by atoms with Crippen molar-refractivity contribution in [2.24, 2.45) is 0 Å². The number of nitrogens with zero attached hydrogens (tertiary/aromatic N) is 3. The van der Waals surface area contributed by atoms with Crippen molar-refractivity contribution in [2.75, 3.05) is 18.4 Å². The van der Waals surface area contributed by atoms with Crippen LogP contribution in [0.4, 0.5) is 5.69 Å². The van der Waals surface area contributed by atoms with Gasteiger partial charge in [-0.25, -0.2) is 0 Å². The number of allylic oxidation sites excluding steroid dienone is 2. The molecular formula is C20H23N5O. The molecule has 134 valence electrons. The van der Waals surface area contributed by atoms with Crippen molar-refractivity contribution < 1.29 is 4.74 Å². The number of nitrogens with one attached hydrogen (secondary N) is 2. The summed E-state index contributed by atoms with van der Waals surface area (Å²) in [6.45, 7) is 7.90. The van der Waals surface area contributed by atoms with Crippen molar-refractivity contribution in [2.45, 2.75) is 45.6 Å². The minimum absolute atomic E-state index is 0.0416. The zero-order chi connectivity index (χ0) is 19.1. The minimum atomic E-state index is -0.247.